The fourth-order valence-corrected chi connectivity index (χ4v) is 7.60. The molecule has 11 aromatic rings. The Labute approximate surface area is 357 Å². The lowest BCUT2D eigenvalue weighted by atomic mass is 10.0. The number of furan rings is 1. The van der Waals surface area contributed by atoms with Gasteiger partial charge in [-0.3, -0.25) is 9.97 Å². The zero-order valence-electron chi connectivity index (χ0n) is 32.1. The fourth-order valence-electron chi connectivity index (χ4n) is 7.60. The molecule has 1 N–H and O–H groups in total. The second-order valence-corrected chi connectivity index (χ2v) is 13.4. The van der Waals surface area contributed by atoms with E-state index < -0.39 is 0 Å². The van der Waals surface area contributed by atoms with Gasteiger partial charge in [0.2, 0.25) is 0 Å². The number of nitrogens with zero attached hydrogens (tertiary/aromatic N) is 4. The first-order valence-electron chi connectivity index (χ1n) is 19.0. The molecule has 290 valence electrons. The zero-order chi connectivity index (χ0) is 39.8. The van der Waals surface area contributed by atoms with E-state index in [0.29, 0.717) is 0 Å². The van der Waals surface area contributed by atoms with E-state index in [1.54, 1.807) is 6.08 Å². The van der Waals surface area contributed by atoms with Gasteiger partial charge < -0.3 is 19.0 Å². The van der Waals surface area contributed by atoms with Gasteiger partial charge in [-0.2, -0.15) is 0 Å². The summed E-state index contributed by atoms with van der Waals surface area (Å²) in [4.78, 5) is 10.9. The highest BCUT2D eigenvalue weighted by Crippen LogP contribution is 2.40. The Morgan fingerprint density at radius 3 is 1.73 bits per heavy atom. The number of benzene rings is 6. The lowest BCUT2D eigenvalue weighted by molar-refractivity contribution is 0.666. The quantitative estimate of drug-likeness (QED) is 0.109. The first-order valence-corrected chi connectivity index (χ1v) is 21.1. The minimum Gasteiger partial charge on any atom is -0.454 e. The summed E-state index contributed by atoms with van der Waals surface area (Å²) in [6.07, 6.45) is 12.4. The van der Waals surface area contributed by atoms with Crippen LogP contribution in [0, 0.1) is 5.41 Å². The normalized spacial score (nSPS) is 10.8. The molecule has 5 aromatic heterocycles. The number of rotatable bonds is 4. The van der Waals surface area contributed by atoms with Gasteiger partial charge in [0.25, 0.3) is 0 Å². The van der Waals surface area contributed by atoms with Crippen molar-refractivity contribution in [1.82, 2.24) is 19.1 Å². The molecule has 0 atom stereocenters. The third-order valence-corrected chi connectivity index (χ3v) is 10.1. The minimum atomic E-state index is 0. The summed E-state index contributed by atoms with van der Waals surface area (Å²) < 4.78 is 11.2. The number of allylic oxidation sites excluding steroid dienone is 2. The number of nitrogens with one attached hydrogen (secondary N) is 1. The molecular weight excluding hydrogens is 838 g/mol. The average Bonchev–Trinajstić information content (AvgIpc) is 3.96. The van der Waals surface area contributed by atoms with E-state index in [4.69, 9.17) is 9.83 Å². The van der Waals surface area contributed by atoms with Crippen LogP contribution in [0.4, 0.5) is 0 Å². The van der Waals surface area contributed by atoms with E-state index in [1.807, 2.05) is 85.2 Å². The smallest absolute Gasteiger partial charge is 0.159 e. The van der Waals surface area contributed by atoms with Crippen molar-refractivity contribution in [3.63, 3.8) is 0 Å². The van der Waals surface area contributed by atoms with Crippen LogP contribution in [0.25, 0.3) is 88.1 Å². The van der Waals surface area contributed by atoms with E-state index >= 15 is 0 Å². The Bertz CT molecular complexity index is 3100. The molecule has 0 aliphatic heterocycles. The van der Waals surface area contributed by atoms with Gasteiger partial charge in [-0.15, -0.1) is 0 Å². The molecule has 0 bridgehead atoms. The molecule has 0 saturated heterocycles. The van der Waals surface area contributed by atoms with Gasteiger partial charge in [0, 0.05) is 56.6 Å². The molecule has 0 unspecified atom stereocenters. The molecule has 5 heterocycles. The lowest BCUT2D eigenvalue weighted by Gasteiger charge is -2.08. The molecule has 0 fully saturated rings. The molecule has 6 nitrogen and oxygen atoms in total. The Morgan fingerprint density at radius 2 is 1.07 bits per heavy atom. The Kier molecular flexibility index (Phi) is 12.7. The fraction of sp³-hybridized carbons (Fsp3) is 0.0577. The molecule has 11 rings (SSSR count). The van der Waals surface area contributed by atoms with E-state index in [2.05, 4.69) is 157 Å². The monoisotopic (exact) mass is 881 g/mol. The molecule has 0 amide bonds. The van der Waals surface area contributed by atoms with Crippen LogP contribution >= 0.6 is 22.6 Å². The number of para-hydroxylation sites is 3. The van der Waals surface area contributed by atoms with Crippen molar-refractivity contribution in [1.29, 1.82) is 5.41 Å². The minimum absolute atomic E-state index is 0. The maximum absolute atomic E-state index is 6.62. The summed E-state index contributed by atoms with van der Waals surface area (Å²) in [5.74, 6) is 0. The van der Waals surface area contributed by atoms with E-state index in [9.17, 15) is 0 Å². The molecule has 0 saturated carbocycles. The molecule has 59 heavy (non-hydrogen) atoms. The third-order valence-electron chi connectivity index (χ3n) is 10.1. The number of alkyl halides is 1. The largest absolute Gasteiger partial charge is 0.454 e. The summed E-state index contributed by atoms with van der Waals surface area (Å²) in [5, 5.41) is 13.3. The average molecular weight is 882 g/mol. The summed E-state index contributed by atoms with van der Waals surface area (Å²) >= 11 is 2.15. The van der Waals surface area contributed by atoms with Gasteiger partial charge in [0.1, 0.15) is 5.58 Å². The number of hydrogen-bond acceptors (Lipinski definition) is 4. The van der Waals surface area contributed by atoms with Gasteiger partial charge >= 0.3 is 0 Å². The van der Waals surface area contributed by atoms with Gasteiger partial charge in [0.05, 0.1) is 40.1 Å². The van der Waals surface area contributed by atoms with Crippen molar-refractivity contribution < 1.29 is 4.42 Å². The van der Waals surface area contributed by atoms with Gasteiger partial charge in [-0.05, 0) is 89.7 Å². The molecular formula is C52H44IN5O. The van der Waals surface area contributed by atoms with Crippen LogP contribution in [0.2, 0.25) is 0 Å². The van der Waals surface area contributed by atoms with Crippen LogP contribution in [0.15, 0.2) is 199 Å². The SMILES string of the molecule is C.C/C=C\C=N.CI.c1ccc(-n2c3ccc(-c4ccc5oc6c(-n7c8ccccc8c8ccncc87)cccc6c5c4)cc3c3ccncc32)cc1.c1ccccc1. The van der Waals surface area contributed by atoms with Gasteiger partial charge in [-0.1, -0.05) is 133 Å². The van der Waals surface area contributed by atoms with Crippen molar-refractivity contribution in [2.75, 3.05) is 4.93 Å². The predicted octanol–water partition coefficient (Wildman–Crippen LogP) is 14.8. The first kappa shape index (κ1) is 40.4. The van der Waals surface area contributed by atoms with Crippen LogP contribution in [-0.2, 0) is 0 Å². The lowest BCUT2D eigenvalue weighted by Crippen LogP contribution is -1.94. The maximum Gasteiger partial charge on any atom is 0.159 e. The van der Waals surface area contributed by atoms with Crippen LogP contribution in [0.3, 0.4) is 0 Å². The van der Waals surface area contributed by atoms with Crippen LogP contribution in [0.5, 0.6) is 0 Å². The highest BCUT2D eigenvalue weighted by Gasteiger charge is 2.18. The molecule has 0 aliphatic carbocycles. The Balaban J connectivity index is 0.000000330. The first-order chi connectivity index (χ1) is 28.7. The van der Waals surface area contributed by atoms with E-state index in [-0.39, 0.29) is 7.43 Å². The second-order valence-electron chi connectivity index (χ2n) is 13.4. The number of pyridine rings is 2. The van der Waals surface area contributed by atoms with Crippen molar-refractivity contribution in [2.45, 2.75) is 14.4 Å². The van der Waals surface area contributed by atoms with Gasteiger partial charge in [0.15, 0.2) is 5.58 Å². The number of halogens is 1. The molecule has 0 aliphatic rings. The summed E-state index contributed by atoms with van der Waals surface area (Å²) in [6, 6.07) is 54.9. The highest BCUT2D eigenvalue weighted by molar-refractivity contribution is 14.1. The highest BCUT2D eigenvalue weighted by atomic mass is 127. The second kappa shape index (κ2) is 18.6. The van der Waals surface area contributed by atoms with E-state index in [1.165, 1.54) is 27.8 Å². The molecule has 0 radical (unpaired) electrons. The van der Waals surface area contributed by atoms with Crippen LogP contribution < -0.4 is 0 Å². The zero-order valence-corrected chi connectivity index (χ0v) is 34.3. The molecule has 6 aromatic carbocycles. The third kappa shape index (κ3) is 7.77. The number of fused-ring (bicyclic) bond motifs is 9. The Morgan fingerprint density at radius 1 is 0.525 bits per heavy atom. The molecule has 7 heteroatoms. The van der Waals surface area contributed by atoms with E-state index in [0.717, 1.165) is 66.5 Å². The summed E-state index contributed by atoms with van der Waals surface area (Å²) in [5.41, 5.74) is 10.6. The Hall–Kier alpha value is -6.84. The van der Waals surface area contributed by atoms with Crippen LogP contribution in [0.1, 0.15) is 14.4 Å². The van der Waals surface area contributed by atoms with Crippen molar-refractivity contribution in [3.8, 4) is 22.5 Å². The van der Waals surface area contributed by atoms with Crippen molar-refractivity contribution in [3.05, 3.63) is 195 Å². The summed E-state index contributed by atoms with van der Waals surface area (Å²) in [6.45, 7) is 1.88. The number of aromatic nitrogens is 4. The predicted molar refractivity (Wildman–Crippen MR) is 260 cm³/mol. The van der Waals surface area contributed by atoms with Crippen LogP contribution in [-0.4, -0.2) is 30.2 Å². The van der Waals surface area contributed by atoms with Crippen molar-refractivity contribution >= 4 is 94.4 Å². The van der Waals surface area contributed by atoms with Gasteiger partial charge in [-0.25, -0.2) is 0 Å². The maximum atomic E-state index is 6.62. The topological polar surface area (TPSA) is 72.6 Å². The standard InChI is InChI=1S/C40H24N4O.C6H6.C4H7N.CH3I.CH4/c1-2-7-27(8-3-1)43-35-15-13-25(21-32(35)30-18-20-41-23-37(30)43)26-14-16-39-33(22-26)31-10-6-12-36(40(31)45-39)44-34-11-5-4-9-28(34)29-17-19-42-24-38(29)44;1-2-4-6-5-3-1;1-2-3-4-5;1-2;/h1-24H;1-6H;2-5H,1H3;1H3;1H4/b;;3-2-,5-4?;;. The summed E-state index contributed by atoms with van der Waals surface area (Å²) in [7, 11) is 0. The molecule has 0 spiro atoms. The van der Waals surface area contributed by atoms with Crippen molar-refractivity contribution in [2.24, 2.45) is 0 Å². The number of hydrogen-bond donors (Lipinski definition) is 1.